The first-order valence-corrected chi connectivity index (χ1v) is 6.28. The first-order chi connectivity index (χ1) is 5.83. The summed E-state index contributed by atoms with van der Waals surface area (Å²) in [5, 5.41) is 2.24. The van der Waals surface area contributed by atoms with Crippen molar-refractivity contribution in [2.45, 2.75) is 5.33 Å². The Balaban J connectivity index is 2.78. The third kappa shape index (κ3) is 1.34. The zero-order valence-electron chi connectivity index (χ0n) is 6.18. The van der Waals surface area contributed by atoms with E-state index in [1.165, 1.54) is 19.4 Å². The number of halogens is 2. The number of hydrogen-bond donors (Lipinski definition) is 0. The van der Waals surface area contributed by atoms with E-state index >= 15 is 0 Å². The molecule has 1 aromatic heterocycles. The van der Waals surface area contributed by atoms with Gasteiger partial charge in [0.1, 0.15) is 0 Å². The van der Waals surface area contributed by atoms with Crippen molar-refractivity contribution in [2.24, 2.45) is 0 Å². The molecule has 0 amide bonds. The second-order valence-electron chi connectivity index (χ2n) is 2.47. The fourth-order valence-electron chi connectivity index (χ4n) is 1.15. The first-order valence-electron chi connectivity index (χ1n) is 3.55. The third-order valence-electron chi connectivity index (χ3n) is 1.72. The molecule has 12 heavy (non-hydrogen) atoms. The molecule has 62 valence electrons. The SMILES string of the molecule is BrCc1sc2ccccc2c1Br. The van der Waals surface area contributed by atoms with E-state index in [0.29, 0.717) is 0 Å². The zero-order valence-corrected chi connectivity index (χ0v) is 10.2. The summed E-state index contributed by atoms with van der Waals surface area (Å²) >= 11 is 8.89. The van der Waals surface area contributed by atoms with Crippen LogP contribution in [0.1, 0.15) is 4.88 Å². The molecule has 3 heteroatoms. The molecular weight excluding hydrogens is 300 g/mol. The lowest BCUT2D eigenvalue weighted by molar-refractivity contribution is 1.56. The Kier molecular flexibility index (Phi) is 2.53. The van der Waals surface area contributed by atoms with E-state index in [2.05, 4.69) is 56.1 Å². The molecule has 1 aromatic carbocycles. The topological polar surface area (TPSA) is 0 Å². The van der Waals surface area contributed by atoms with Gasteiger partial charge >= 0.3 is 0 Å². The van der Waals surface area contributed by atoms with Crippen molar-refractivity contribution in [2.75, 3.05) is 0 Å². The minimum absolute atomic E-state index is 0.924. The van der Waals surface area contributed by atoms with Crippen LogP contribution in [-0.4, -0.2) is 0 Å². The quantitative estimate of drug-likeness (QED) is 0.678. The van der Waals surface area contributed by atoms with Gasteiger partial charge in [-0.25, -0.2) is 0 Å². The largest absolute Gasteiger partial charge is 0.138 e. The van der Waals surface area contributed by atoms with E-state index in [-0.39, 0.29) is 0 Å². The first kappa shape index (κ1) is 8.73. The van der Waals surface area contributed by atoms with E-state index in [0.717, 1.165) is 5.33 Å². The van der Waals surface area contributed by atoms with Crippen molar-refractivity contribution in [3.05, 3.63) is 33.6 Å². The fourth-order valence-corrected chi connectivity index (χ4v) is 3.96. The van der Waals surface area contributed by atoms with Crippen LogP contribution in [0.2, 0.25) is 0 Å². The predicted molar refractivity (Wildman–Crippen MR) is 62.2 cm³/mol. The van der Waals surface area contributed by atoms with Crippen molar-refractivity contribution >= 4 is 53.3 Å². The van der Waals surface area contributed by atoms with Gasteiger partial charge in [0.25, 0.3) is 0 Å². The van der Waals surface area contributed by atoms with E-state index in [1.807, 2.05) is 11.3 Å². The molecule has 0 saturated carbocycles. The monoisotopic (exact) mass is 304 g/mol. The van der Waals surface area contributed by atoms with E-state index in [1.54, 1.807) is 0 Å². The third-order valence-corrected chi connectivity index (χ3v) is 4.99. The molecule has 0 N–H and O–H groups in total. The Morgan fingerprint density at radius 2 is 2.00 bits per heavy atom. The van der Waals surface area contributed by atoms with Crippen LogP contribution in [0.4, 0.5) is 0 Å². The van der Waals surface area contributed by atoms with Crippen LogP contribution in [-0.2, 0) is 5.33 Å². The van der Waals surface area contributed by atoms with Crippen molar-refractivity contribution in [1.29, 1.82) is 0 Å². The summed E-state index contributed by atoms with van der Waals surface area (Å²) in [4.78, 5) is 1.36. The highest BCUT2D eigenvalue weighted by molar-refractivity contribution is 9.11. The molecule has 0 atom stereocenters. The summed E-state index contributed by atoms with van der Waals surface area (Å²) in [5.74, 6) is 0. The van der Waals surface area contributed by atoms with E-state index < -0.39 is 0 Å². The van der Waals surface area contributed by atoms with Crippen LogP contribution in [0, 0.1) is 0 Å². The smallest absolute Gasteiger partial charge is 0.0401 e. The van der Waals surface area contributed by atoms with Crippen molar-refractivity contribution in [1.82, 2.24) is 0 Å². The molecule has 2 rings (SSSR count). The van der Waals surface area contributed by atoms with Crippen LogP contribution in [0.25, 0.3) is 10.1 Å². The van der Waals surface area contributed by atoms with Crippen molar-refractivity contribution in [3.63, 3.8) is 0 Å². The van der Waals surface area contributed by atoms with Gasteiger partial charge in [0.05, 0.1) is 0 Å². The molecule has 2 aromatic rings. The maximum Gasteiger partial charge on any atom is 0.0401 e. The molecule has 1 heterocycles. The zero-order chi connectivity index (χ0) is 8.55. The van der Waals surface area contributed by atoms with Crippen LogP contribution < -0.4 is 0 Å². The van der Waals surface area contributed by atoms with Gasteiger partial charge in [-0.1, -0.05) is 34.1 Å². The highest BCUT2D eigenvalue weighted by atomic mass is 79.9. The molecule has 0 bridgehead atoms. The van der Waals surface area contributed by atoms with Crippen molar-refractivity contribution < 1.29 is 0 Å². The maximum atomic E-state index is 3.59. The van der Waals surface area contributed by atoms with Gasteiger partial charge in [-0.05, 0) is 22.0 Å². The summed E-state index contributed by atoms with van der Waals surface area (Å²) in [7, 11) is 0. The number of alkyl halides is 1. The number of thiophene rings is 1. The average Bonchev–Trinajstić information content (AvgIpc) is 2.44. The normalized spacial score (nSPS) is 10.8. The highest BCUT2D eigenvalue weighted by Crippen LogP contribution is 2.36. The lowest BCUT2D eigenvalue weighted by Gasteiger charge is -1.88. The second-order valence-corrected chi connectivity index (χ2v) is 4.96. The Morgan fingerprint density at radius 1 is 1.25 bits per heavy atom. The fraction of sp³-hybridized carbons (Fsp3) is 0.111. The molecule has 0 fully saturated rings. The lowest BCUT2D eigenvalue weighted by Crippen LogP contribution is -1.67. The van der Waals surface area contributed by atoms with Crippen LogP contribution in [0.15, 0.2) is 28.7 Å². The molecular formula is C9H6Br2S. The highest BCUT2D eigenvalue weighted by Gasteiger charge is 2.06. The Hall–Kier alpha value is 0.140. The Labute approximate surface area is 91.9 Å². The van der Waals surface area contributed by atoms with Crippen LogP contribution in [0.3, 0.4) is 0 Å². The lowest BCUT2D eigenvalue weighted by atomic mass is 10.2. The molecule has 0 spiro atoms. The Bertz CT molecular complexity index is 406. The maximum absolute atomic E-state index is 3.59. The molecule has 0 aliphatic heterocycles. The van der Waals surface area contributed by atoms with Gasteiger partial charge in [0.15, 0.2) is 0 Å². The Morgan fingerprint density at radius 3 is 2.67 bits per heavy atom. The van der Waals surface area contributed by atoms with E-state index in [9.17, 15) is 0 Å². The summed E-state index contributed by atoms with van der Waals surface area (Å²) in [5.41, 5.74) is 0. The van der Waals surface area contributed by atoms with Crippen LogP contribution >= 0.6 is 43.2 Å². The van der Waals surface area contributed by atoms with Gasteiger partial charge in [-0.3, -0.25) is 0 Å². The molecule has 0 aliphatic carbocycles. The molecule has 0 aliphatic rings. The molecule has 0 saturated heterocycles. The van der Waals surface area contributed by atoms with Gasteiger partial charge in [-0.15, -0.1) is 11.3 Å². The van der Waals surface area contributed by atoms with Gasteiger partial charge in [-0.2, -0.15) is 0 Å². The molecule has 0 unspecified atom stereocenters. The standard InChI is InChI=1S/C9H6Br2S/c10-5-8-9(11)6-3-1-2-4-7(6)12-8/h1-4H,5H2. The van der Waals surface area contributed by atoms with Gasteiger partial charge < -0.3 is 0 Å². The molecule has 0 radical (unpaired) electrons. The molecule has 0 nitrogen and oxygen atoms in total. The number of rotatable bonds is 1. The predicted octanol–water partition coefficient (Wildman–Crippen LogP) is 4.56. The number of benzene rings is 1. The summed E-state index contributed by atoms with van der Waals surface area (Å²) in [6.45, 7) is 0. The average molecular weight is 306 g/mol. The second kappa shape index (κ2) is 3.48. The number of hydrogen-bond acceptors (Lipinski definition) is 1. The van der Waals surface area contributed by atoms with Crippen molar-refractivity contribution in [3.8, 4) is 0 Å². The minimum Gasteiger partial charge on any atom is -0.138 e. The number of fused-ring (bicyclic) bond motifs is 1. The summed E-state index contributed by atoms with van der Waals surface area (Å²) in [6.07, 6.45) is 0. The van der Waals surface area contributed by atoms with Crippen LogP contribution in [0.5, 0.6) is 0 Å². The van der Waals surface area contributed by atoms with Gasteiger partial charge in [0, 0.05) is 24.8 Å². The van der Waals surface area contributed by atoms with E-state index in [4.69, 9.17) is 0 Å². The van der Waals surface area contributed by atoms with Gasteiger partial charge in [0.2, 0.25) is 0 Å². The summed E-state index contributed by atoms with van der Waals surface area (Å²) < 4.78 is 2.58. The summed E-state index contributed by atoms with van der Waals surface area (Å²) in [6, 6.07) is 8.43. The minimum atomic E-state index is 0.924.